The van der Waals surface area contributed by atoms with Crippen LogP contribution in [0.3, 0.4) is 0 Å². The molecule has 4 heteroatoms. The normalized spacial score (nSPS) is 25.6. The topological polar surface area (TPSA) is 19.0 Å². The van der Waals surface area contributed by atoms with Crippen molar-refractivity contribution in [2.75, 3.05) is 68.8 Å². The second kappa shape index (κ2) is 11.0. The molecule has 1 aliphatic carbocycles. The van der Waals surface area contributed by atoms with Gasteiger partial charge in [-0.3, -0.25) is 4.90 Å². The molecule has 4 rings (SSSR count). The Morgan fingerprint density at radius 2 is 1.55 bits per heavy atom. The third kappa shape index (κ3) is 6.45. The number of hydrogen-bond acceptors (Lipinski definition) is 4. The van der Waals surface area contributed by atoms with Crippen molar-refractivity contribution in [1.29, 1.82) is 0 Å². The summed E-state index contributed by atoms with van der Waals surface area (Å²) in [6.45, 7) is 21.7. The zero-order valence-corrected chi connectivity index (χ0v) is 22.1. The predicted octanol–water partition coefficient (Wildman–Crippen LogP) is 6.01. The zero-order valence-electron chi connectivity index (χ0n) is 22.1. The van der Waals surface area contributed by atoms with Crippen molar-refractivity contribution in [3.05, 3.63) is 23.8 Å². The minimum atomic E-state index is 0.445. The van der Waals surface area contributed by atoms with Gasteiger partial charge in [-0.1, -0.05) is 40.7 Å². The largest absolute Gasteiger partial charge is 0.378 e. The van der Waals surface area contributed by atoms with Crippen LogP contribution in [0.1, 0.15) is 78.2 Å². The second-order valence-electron chi connectivity index (χ2n) is 12.3. The van der Waals surface area contributed by atoms with Gasteiger partial charge < -0.3 is 14.5 Å². The van der Waals surface area contributed by atoms with Crippen molar-refractivity contribution in [2.45, 2.75) is 72.6 Å². The van der Waals surface area contributed by atoms with Gasteiger partial charge in [-0.15, -0.1) is 0 Å². The fourth-order valence-corrected chi connectivity index (χ4v) is 6.09. The summed E-state index contributed by atoms with van der Waals surface area (Å²) in [5, 5.41) is 0. The first-order valence-corrected chi connectivity index (χ1v) is 13.7. The Bertz CT molecular complexity index is 734. The highest BCUT2D eigenvalue weighted by atomic mass is 16.5. The van der Waals surface area contributed by atoms with E-state index < -0.39 is 0 Å². The first-order valence-electron chi connectivity index (χ1n) is 13.7. The zero-order chi connectivity index (χ0) is 23.4. The van der Waals surface area contributed by atoms with E-state index in [4.69, 9.17) is 4.74 Å². The first kappa shape index (κ1) is 24.9. The molecule has 0 atom stereocenters. The highest BCUT2D eigenvalue weighted by Crippen LogP contribution is 2.46. The van der Waals surface area contributed by atoms with E-state index in [0.717, 1.165) is 57.1 Å². The molecule has 1 saturated carbocycles. The van der Waals surface area contributed by atoms with Gasteiger partial charge in [0, 0.05) is 50.6 Å². The number of ether oxygens (including phenoxy) is 1. The number of rotatable bonds is 6. The maximum absolute atomic E-state index is 5.62. The quantitative estimate of drug-likeness (QED) is 0.523. The van der Waals surface area contributed by atoms with Gasteiger partial charge >= 0.3 is 0 Å². The van der Waals surface area contributed by atoms with Crippen LogP contribution in [0.15, 0.2) is 18.2 Å². The van der Waals surface area contributed by atoms with E-state index in [1.807, 2.05) is 0 Å². The molecule has 0 bridgehead atoms. The lowest BCUT2D eigenvalue weighted by atomic mass is 9.68. The summed E-state index contributed by atoms with van der Waals surface area (Å²) in [5.41, 5.74) is 4.99. The number of morpholine rings is 1. The van der Waals surface area contributed by atoms with E-state index in [-0.39, 0.29) is 0 Å². The van der Waals surface area contributed by atoms with Gasteiger partial charge in [0.15, 0.2) is 0 Å². The van der Waals surface area contributed by atoms with Crippen molar-refractivity contribution in [2.24, 2.45) is 17.3 Å². The SMILES string of the molecule is CC(C)CCN1CCN(c2cc(N3CCOCC3)ccc2C2CCC(C(C)(C)C)CC2)CC1. The molecule has 2 saturated heterocycles. The molecule has 33 heavy (non-hydrogen) atoms. The lowest BCUT2D eigenvalue weighted by Gasteiger charge is -2.41. The van der Waals surface area contributed by atoms with Gasteiger partial charge in [-0.05, 0) is 79.5 Å². The van der Waals surface area contributed by atoms with Crippen molar-refractivity contribution in [3.63, 3.8) is 0 Å². The molecule has 1 aromatic carbocycles. The summed E-state index contributed by atoms with van der Waals surface area (Å²) < 4.78 is 5.62. The molecule has 0 spiro atoms. The average molecular weight is 456 g/mol. The average Bonchev–Trinajstić information content (AvgIpc) is 2.83. The van der Waals surface area contributed by atoms with E-state index in [9.17, 15) is 0 Å². The highest BCUT2D eigenvalue weighted by Gasteiger charge is 2.32. The van der Waals surface area contributed by atoms with E-state index in [1.54, 1.807) is 5.56 Å². The maximum Gasteiger partial charge on any atom is 0.0642 e. The molecule has 3 aliphatic rings. The van der Waals surface area contributed by atoms with Crippen LogP contribution in [0.4, 0.5) is 11.4 Å². The number of anilines is 2. The van der Waals surface area contributed by atoms with Crippen LogP contribution in [-0.4, -0.2) is 63.9 Å². The van der Waals surface area contributed by atoms with Gasteiger partial charge in [-0.25, -0.2) is 0 Å². The lowest BCUT2D eigenvalue weighted by molar-refractivity contribution is 0.122. The number of piperazine rings is 1. The summed E-state index contributed by atoms with van der Waals surface area (Å²) in [6.07, 6.45) is 6.76. The van der Waals surface area contributed by atoms with Crippen molar-refractivity contribution >= 4 is 11.4 Å². The van der Waals surface area contributed by atoms with Crippen molar-refractivity contribution in [3.8, 4) is 0 Å². The highest BCUT2D eigenvalue weighted by molar-refractivity contribution is 5.65. The standard InChI is InChI=1S/C29H49N3O/c1-23(2)12-13-30-14-16-32(17-15-30)28-22-26(31-18-20-33-21-19-31)10-11-27(28)24-6-8-25(9-7-24)29(3,4)5/h10-11,22-25H,6-9,12-21H2,1-5H3. The molecule has 186 valence electrons. The molecule has 2 heterocycles. The van der Waals surface area contributed by atoms with E-state index >= 15 is 0 Å². The molecule has 4 nitrogen and oxygen atoms in total. The Morgan fingerprint density at radius 3 is 2.15 bits per heavy atom. The van der Waals surface area contributed by atoms with Crippen molar-refractivity contribution < 1.29 is 4.74 Å². The summed E-state index contributed by atoms with van der Waals surface area (Å²) in [6, 6.07) is 7.42. The monoisotopic (exact) mass is 455 g/mol. The van der Waals surface area contributed by atoms with Crippen LogP contribution in [0.25, 0.3) is 0 Å². The summed E-state index contributed by atoms with van der Waals surface area (Å²) in [4.78, 5) is 7.91. The third-order valence-corrected chi connectivity index (χ3v) is 8.52. The van der Waals surface area contributed by atoms with Gasteiger partial charge in [0.05, 0.1) is 13.2 Å². The molecule has 0 aromatic heterocycles. The van der Waals surface area contributed by atoms with Gasteiger partial charge in [0.2, 0.25) is 0 Å². The molecule has 0 radical (unpaired) electrons. The fraction of sp³-hybridized carbons (Fsp3) is 0.793. The summed E-state index contributed by atoms with van der Waals surface area (Å²) in [5.74, 6) is 2.38. The molecule has 2 aliphatic heterocycles. The minimum absolute atomic E-state index is 0.445. The third-order valence-electron chi connectivity index (χ3n) is 8.52. The smallest absolute Gasteiger partial charge is 0.0642 e. The van der Waals surface area contributed by atoms with Crippen LogP contribution in [0, 0.1) is 17.3 Å². The van der Waals surface area contributed by atoms with Crippen molar-refractivity contribution in [1.82, 2.24) is 4.90 Å². The second-order valence-corrected chi connectivity index (χ2v) is 12.3. The van der Waals surface area contributed by atoms with E-state index in [2.05, 4.69) is 67.5 Å². The molecule has 0 N–H and O–H groups in total. The number of benzene rings is 1. The summed E-state index contributed by atoms with van der Waals surface area (Å²) >= 11 is 0. The Kier molecular flexibility index (Phi) is 8.28. The molecule has 3 fully saturated rings. The van der Waals surface area contributed by atoms with Gasteiger partial charge in [0.25, 0.3) is 0 Å². The van der Waals surface area contributed by atoms with Crippen LogP contribution in [0.5, 0.6) is 0 Å². The first-order chi connectivity index (χ1) is 15.8. The van der Waals surface area contributed by atoms with E-state index in [1.165, 1.54) is 63.1 Å². The molecule has 1 aromatic rings. The van der Waals surface area contributed by atoms with Crippen LogP contribution in [-0.2, 0) is 4.74 Å². The van der Waals surface area contributed by atoms with Crippen LogP contribution in [0.2, 0.25) is 0 Å². The predicted molar refractivity (Wildman–Crippen MR) is 142 cm³/mol. The Balaban J connectivity index is 1.50. The van der Waals surface area contributed by atoms with Gasteiger partial charge in [-0.2, -0.15) is 0 Å². The maximum atomic E-state index is 5.62. The Morgan fingerprint density at radius 1 is 0.879 bits per heavy atom. The molecular formula is C29H49N3O. The number of hydrogen-bond donors (Lipinski definition) is 0. The Hall–Kier alpha value is -1.26. The van der Waals surface area contributed by atoms with Crippen LogP contribution >= 0.6 is 0 Å². The molecular weight excluding hydrogens is 406 g/mol. The fourth-order valence-electron chi connectivity index (χ4n) is 6.09. The minimum Gasteiger partial charge on any atom is -0.378 e. The van der Waals surface area contributed by atoms with Gasteiger partial charge in [0.1, 0.15) is 0 Å². The van der Waals surface area contributed by atoms with Crippen LogP contribution < -0.4 is 9.80 Å². The lowest BCUT2D eigenvalue weighted by Crippen LogP contribution is -2.47. The Labute approximate surface area is 203 Å². The van der Waals surface area contributed by atoms with E-state index in [0.29, 0.717) is 5.41 Å². The molecule has 0 amide bonds. The molecule has 0 unspecified atom stereocenters. The summed E-state index contributed by atoms with van der Waals surface area (Å²) in [7, 11) is 0. The number of nitrogens with zero attached hydrogens (tertiary/aromatic N) is 3.